The standard InChI is InChI=1S/C26H23N3O2/c1-16-14-31-25-8-7-21(12-23(16)25)24-13-26(29-18(3)28-24)27-17(2)19-5-4-6-20(11-19)22-9-10-30-15-22/h4-15,17H,1-3H3,(H,27,28,29). The number of nitrogens with one attached hydrogen (secondary N) is 1. The van der Waals surface area contributed by atoms with E-state index < -0.39 is 0 Å². The third-order valence-electron chi connectivity index (χ3n) is 5.51. The molecule has 1 N–H and O–H groups in total. The van der Waals surface area contributed by atoms with Crippen LogP contribution in [0.1, 0.15) is 29.9 Å². The maximum atomic E-state index is 5.57. The average molecular weight is 409 g/mol. The number of nitrogens with zero attached hydrogens (tertiary/aromatic N) is 2. The van der Waals surface area contributed by atoms with E-state index in [2.05, 4.69) is 52.5 Å². The summed E-state index contributed by atoms with van der Waals surface area (Å²) in [5.74, 6) is 1.52. The van der Waals surface area contributed by atoms with Crippen LogP contribution in [-0.4, -0.2) is 9.97 Å². The Hall–Kier alpha value is -3.86. The normalized spacial score (nSPS) is 12.2. The highest BCUT2D eigenvalue weighted by molar-refractivity contribution is 5.85. The molecule has 31 heavy (non-hydrogen) atoms. The van der Waals surface area contributed by atoms with Crippen molar-refractivity contribution in [3.05, 3.63) is 90.3 Å². The number of rotatable bonds is 5. The summed E-state index contributed by atoms with van der Waals surface area (Å²) in [6, 6.07) is 18.6. The van der Waals surface area contributed by atoms with E-state index in [0.717, 1.165) is 50.6 Å². The lowest BCUT2D eigenvalue weighted by atomic mass is 10.0. The maximum Gasteiger partial charge on any atom is 0.134 e. The minimum absolute atomic E-state index is 0.0765. The molecule has 0 amide bonds. The number of anilines is 1. The molecule has 0 fully saturated rings. The number of aryl methyl sites for hydroxylation is 2. The zero-order chi connectivity index (χ0) is 21.4. The maximum absolute atomic E-state index is 5.57. The molecule has 2 aromatic carbocycles. The molecule has 0 saturated carbocycles. The number of hydrogen-bond acceptors (Lipinski definition) is 5. The molecule has 0 aliphatic heterocycles. The van der Waals surface area contributed by atoms with Crippen molar-refractivity contribution in [3.8, 4) is 22.4 Å². The third-order valence-corrected chi connectivity index (χ3v) is 5.51. The van der Waals surface area contributed by atoms with Gasteiger partial charge in [0, 0.05) is 28.6 Å². The molecular weight excluding hydrogens is 386 g/mol. The largest absolute Gasteiger partial charge is 0.472 e. The number of benzene rings is 2. The van der Waals surface area contributed by atoms with Gasteiger partial charge in [-0.1, -0.05) is 18.2 Å². The molecule has 0 bridgehead atoms. The quantitative estimate of drug-likeness (QED) is 0.341. The summed E-state index contributed by atoms with van der Waals surface area (Å²) in [6.07, 6.45) is 5.24. The van der Waals surface area contributed by atoms with Crippen molar-refractivity contribution in [1.29, 1.82) is 0 Å². The van der Waals surface area contributed by atoms with E-state index in [4.69, 9.17) is 8.83 Å². The van der Waals surface area contributed by atoms with Gasteiger partial charge in [-0.15, -0.1) is 0 Å². The van der Waals surface area contributed by atoms with Crippen molar-refractivity contribution in [1.82, 2.24) is 9.97 Å². The van der Waals surface area contributed by atoms with Gasteiger partial charge in [-0.05, 0) is 67.8 Å². The van der Waals surface area contributed by atoms with Gasteiger partial charge in [0.05, 0.1) is 24.5 Å². The van der Waals surface area contributed by atoms with Crippen molar-refractivity contribution in [3.63, 3.8) is 0 Å². The Labute approximate surface area is 180 Å². The number of furan rings is 2. The van der Waals surface area contributed by atoms with Crippen molar-refractivity contribution >= 4 is 16.8 Å². The highest BCUT2D eigenvalue weighted by Crippen LogP contribution is 2.29. The lowest BCUT2D eigenvalue weighted by Crippen LogP contribution is -2.09. The second-order valence-corrected chi connectivity index (χ2v) is 7.82. The third kappa shape index (κ3) is 3.82. The zero-order valence-electron chi connectivity index (χ0n) is 17.7. The lowest BCUT2D eigenvalue weighted by Gasteiger charge is -2.17. The number of aromatic nitrogens is 2. The topological polar surface area (TPSA) is 64.1 Å². The van der Waals surface area contributed by atoms with Crippen LogP contribution >= 0.6 is 0 Å². The van der Waals surface area contributed by atoms with E-state index in [-0.39, 0.29) is 6.04 Å². The van der Waals surface area contributed by atoms with Crippen LogP contribution in [0.4, 0.5) is 5.82 Å². The van der Waals surface area contributed by atoms with E-state index in [0.29, 0.717) is 0 Å². The molecule has 3 heterocycles. The molecule has 0 radical (unpaired) electrons. The van der Waals surface area contributed by atoms with Gasteiger partial charge in [0.2, 0.25) is 0 Å². The minimum Gasteiger partial charge on any atom is -0.472 e. The van der Waals surface area contributed by atoms with Crippen LogP contribution in [0.15, 0.2) is 82.2 Å². The second kappa shape index (κ2) is 7.76. The lowest BCUT2D eigenvalue weighted by molar-refractivity contribution is 0.568. The Kier molecular flexibility index (Phi) is 4.79. The van der Waals surface area contributed by atoms with E-state index >= 15 is 0 Å². The highest BCUT2D eigenvalue weighted by atomic mass is 16.3. The van der Waals surface area contributed by atoms with Crippen LogP contribution in [0, 0.1) is 13.8 Å². The van der Waals surface area contributed by atoms with E-state index in [1.54, 1.807) is 18.8 Å². The monoisotopic (exact) mass is 409 g/mol. The Morgan fingerprint density at radius 1 is 0.871 bits per heavy atom. The van der Waals surface area contributed by atoms with Gasteiger partial charge in [-0.25, -0.2) is 9.97 Å². The fourth-order valence-corrected chi connectivity index (χ4v) is 3.83. The van der Waals surface area contributed by atoms with Gasteiger partial charge in [0.15, 0.2) is 0 Å². The first-order chi connectivity index (χ1) is 15.1. The van der Waals surface area contributed by atoms with Gasteiger partial charge in [0.25, 0.3) is 0 Å². The molecule has 5 heteroatoms. The molecular formula is C26H23N3O2. The summed E-state index contributed by atoms with van der Waals surface area (Å²) in [5, 5.41) is 4.64. The Morgan fingerprint density at radius 2 is 1.77 bits per heavy atom. The van der Waals surface area contributed by atoms with E-state index in [9.17, 15) is 0 Å². The van der Waals surface area contributed by atoms with Crippen molar-refractivity contribution in [2.24, 2.45) is 0 Å². The fraction of sp³-hybridized carbons (Fsp3) is 0.154. The van der Waals surface area contributed by atoms with Crippen LogP contribution in [-0.2, 0) is 0 Å². The summed E-state index contributed by atoms with van der Waals surface area (Å²) >= 11 is 0. The molecule has 3 aromatic heterocycles. The number of hydrogen-bond donors (Lipinski definition) is 1. The summed E-state index contributed by atoms with van der Waals surface area (Å²) in [7, 11) is 0. The predicted octanol–water partition coefficient (Wildman–Crippen LogP) is 6.94. The van der Waals surface area contributed by atoms with Gasteiger partial charge < -0.3 is 14.2 Å². The first-order valence-electron chi connectivity index (χ1n) is 10.3. The molecule has 0 saturated heterocycles. The van der Waals surface area contributed by atoms with Gasteiger partial charge in [0.1, 0.15) is 17.2 Å². The molecule has 154 valence electrons. The molecule has 0 spiro atoms. The van der Waals surface area contributed by atoms with Crippen LogP contribution in [0.5, 0.6) is 0 Å². The summed E-state index contributed by atoms with van der Waals surface area (Å²) in [4.78, 5) is 9.27. The van der Waals surface area contributed by atoms with Gasteiger partial charge in [-0.3, -0.25) is 0 Å². The summed E-state index contributed by atoms with van der Waals surface area (Å²) < 4.78 is 10.8. The molecule has 5 aromatic rings. The van der Waals surface area contributed by atoms with Crippen molar-refractivity contribution in [2.75, 3.05) is 5.32 Å². The van der Waals surface area contributed by atoms with Crippen LogP contribution in [0.3, 0.4) is 0 Å². The average Bonchev–Trinajstić information content (AvgIpc) is 3.44. The Bertz CT molecular complexity index is 1350. The van der Waals surface area contributed by atoms with Crippen LogP contribution in [0.25, 0.3) is 33.4 Å². The van der Waals surface area contributed by atoms with Crippen molar-refractivity contribution in [2.45, 2.75) is 26.8 Å². The van der Waals surface area contributed by atoms with Gasteiger partial charge in [-0.2, -0.15) is 0 Å². The molecule has 1 atom stereocenters. The summed E-state index contributed by atoms with van der Waals surface area (Å²) in [5.41, 5.74) is 7.30. The molecule has 0 aliphatic rings. The minimum atomic E-state index is 0.0765. The van der Waals surface area contributed by atoms with Crippen molar-refractivity contribution < 1.29 is 8.83 Å². The Morgan fingerprint density at radius 3 is 2.61 bits per heavy atom. The summed E-state index contributed by atoms with van der Waals surface area (Å²) in [6.45, 7) is 6.10. The van der Waals surface area contributed by atoms with Crippen LogP contribution in [0.2, 0.25) is 0 Å². The smallest absolute Gasteiger partial charge is 0.134 e. The molecule has 1 unspecified atom stereocenters. The van der Waals surface area contributed by atoms with E-state index in [1.165, 1.54) is 5.56 Å². The second-order valence-electron chi connectivity index (χ2n) is 7.82. The van der Waals surface area contributed by atoms with E-state index in [1.807, 2.05) is 38.1 Å². The first kappa shape index (κ1) is 19.1. The Balaban J connectivity index is 1.44. The van der Waals surface area contributed by atoms with Crippen LogP contribution < -0.4 is 5.32 Å². The zero-order valence-corrected chi connectivity index (χ0v) is 17.7. The first-order valence-corrected chi connectivity index (χ1v) is 10.3. The highest BCUT2D eigenvalue weighted by Gasteiger charge is 2.12. The molecule has 0 aliphatic carbocycles. The molecule has 5 nitrogen and oxygen atoms in total. The number of fused-ring (bicyclic) bond motifs is 1. The SMILES string of the molecule is Cc1nc(NC(C)c2cccc(-c3ccoc3)c2)cc(-c2ccc3occ(C)c3c2)n1. The predicted molar refractivity (Wildman–Crippen MR) is 123 cm³/mol. The molecule has 5 rings (SSSR count). The van der Waals surface area contributed by atoms with Gasteiger partial charge >= 0.3 is 0 Å². The fourth-order valence-electron chi connectivity index (χ4n) is 3.83.